The first-order valence-electron chi connectivity index (χ1n) is 5.98. The summed E-state index contributed by atoms with van der Waals surface area (Å²) in [6.07, 6.45) is 2.72. The number of aromatic nitrogens is 2. The average Bonchev–Trinajstić information content (AvgIpc) is 2.86. The van der Waals surface area contributed by atoms with Gasteiger partial charge in [-0.1, -0.05) is 0 Å². The van der Waals surface area contributed by atoms with E-state index in [2.05, 4.69) is 20.0 Å². The number of methoxy groups -OCH3 is 1. The SMILES string of the molecule is COC(=O)c1cncc(NCc2cc(C(=O)O)c(C)o2)n1. The number of ether oxygens (including phenoxy) is 1. The summed E-state index contributed by atoms with van der Waals surface area (Å²) in [6.45, 7) is 1.79. The molecule has 8 nitrogen and oxygen atoms in total. The Morgan fingerprint density at radius 2 is 2.19 bits per heavy atom. The number of nitrogens with one attached hydrogen (secondary N) is 1. The van der Waals surface area contributed by atoms with Crippen LogP contribution in [0.15, 0.2) is 22.9 Å². The van der Waals surface area contributed by atoms with Crippen molar-refractivity contribution >= 4 is 17.8 Å². The van der Waals surface area contributed by atoms with Crippen LogP contribution >= 0.6 is 0 Å². The van der Waals surface area contributed by atoms with Gasteiger partial charge in [0.15, 0.2) is 5.69 Å². The van der Waals surface area contributed by atoms with Gasteiger partial charge in [0.2, 0.25) is 0 Å². The van der Waals surface area contributed by atoms with Crippen LogP contribution in [-0.2, 0) is 11.3 Å². The van der Waals surface area contributed by atoms with Gasteiger partial charge < -0.3 is 19.6 Å². The maximum absolute atomic E-state index is 11.3. The van der Waals surface area contributed by atoms with Gasteiger partial charge >= 0.3 is 11.9 Å². The lowest BCUT2D eigenvalue weighted by molar-refractivity contribution is 0.0592. The zero-order valence-electron chi connectivity index (χ0n) is 11.4. The monoisotopic (exact) mass is 291 g/mol. The highest BCUT2D eigenvalue weighted by atomic mass is 16.5. The van der Waals surface area contributed by atoms with Gasteiger partial charge in [-0.2, -0.15) is 0 Å². The fourth-order valence-corrected chi connectivity index (χ4v) is 1.67. The van der Waals surface area contributed by atoms with E-state index in [9.17, 15) is 9.59 Å². The van der Waals surface area contributed by atoms with Crippen LogP contribution in [0.1, 0.15) is 32.4 Å². The van der Waals surface area contributed by atoms with Crippen LogP contribution in [-0.4, -0.2) is 34.1 Å². The Bertz CT molecular complexity index is 680. The summed E-state index contributed by atoms with van der Waals surface area (Å²) in [5, 5.41) is 11.8. The molecule has 0 unspecified atom stereocenters. The molecule has 2 heterocycles. The predicted molar refractivity (Wildman–Crippen MR) is 71.1 cm³/mol. The maximum Gasteiger partial charge on any atom is 0.358 e. The zero-order valence-corrected chi connectivity index (χ0v) is 11.4. The van der Waals surface area contributed by atoms with Crippen molar-refractivity contribution in [1.82, 2.24) is 9.97 Å². The third kappa shape index (κ3) is 3.35. The maximum atomic E-state index is 11.3. The molecule has 0 aliphatic heterocycles. The van der Waals surface area contributed by atoms with Gasteiger partial charge in [0.1, 0.15) is 22.9 Å². The van der Waals surface area contributed by atoms with E-state index in [1.807, 2.05) is 0 Å². The minimum Gasteiger partial charge on any atom is -0.478 e. The molecule has 2 aromatic rings. The largest absolute Gasteiger partial charge is 0.478 e. The number of hydrogen-bond acceptors (Lipinski definition) is 7. The summed E-state index contributed by atoms with van der Waals surface area (Å²) in [5.41, 5.74) is 0.186. The normalized spacial score (nSPS) is 10.2. The molecular formula is C13H13N3O5. The first kappa shape index (κ1) is 14.5. The van der Waals surface area contributed by atoms with E-state index >= 15 is 0 Å². The Labute approximate surface area is 119 Å². The van der Waals surface area contributed by atoms with Crippen LogP contribution < -0.4 is 5.32 Å². The summed E-state index contributed by atoms with van der Waals surface area (Å²) < 4.78 is 9.86. The van der Waals surface area contributed by atoms with Gasteiger partial charge in [-0.05, 0) is 13.0 Å². The smallest absolute Gasteiger partial charge is 0.358 e. The molecule has 110 valence electrons. The van der Waals surface area contributed by atoms with Gasteiger partial charge in [-0.25, -0.2) is 14.6 Å². The molecule has 0 bridgehead atoms. The lowest BCUT2D eigenvalue weighted by Crippen LogP contribution is -2.08. The standard InChI is InChI=1S/C13H13N3O5/c1-7-9(12(17)18)3-8(21-7)4-15-11-6-14-5-10(16-11)13(19)20-2/h3,5-6H,4H2,1-2H3,(H,15,16)(H,17,18). The Balaban J connectivity index is 2.08. The number of nitrogens with zero attached hydrogens (tertiary/aromatic N) is 2. The molecule has 0 saturated carbocycles. The van der Waals surface area contributed by atoms with Crippen molar-refractivity contribution in [2.45, 2.75) is 13.5 Å². The van der Waals surface area contributed by atoms with Gasteiger partial charge in [-0.15, -0.1) is 0 Å². The Morgan fingerprint density at radius 1 is 1.43 bits per heavy atom. The summed E-state index contributed by atoms with van der Waals surface area (Å²) in [6, 6.07) is 1.43. The molecule has 0 fully saturated rings. The lowest BCUT2D eigenvalue weighted by atomic mass is 10.2. The second kappa shape index (κ2) is 6.04. The van der Waals surface area contributed by atoms with E-state index in [1.165, 1.54) is 25.6 Å². The van der Waals surface area contributed by atoms with Gasteiger partial charge in [0.25, 0.3) is 0 Å². The number of carboxylic acid groups (broad SMARTS) is 1. The van der Waals surface area contributed by atoms with Crippen LogP contribution in [0.25, 0.3) is 0 Å². The molecule has 0 aliphatic carbocycles. The van der Waals surface area contributed by atoms with Crippen molar-refractivity contribution in [3.63, 3.8) is 0 Å². The predicted octanol–water partition coefficient (Wildman–Crippen LogP) is 1.47. The van der Waals surface area contributed by atoms with Crippen LogP contribution in [0.3, 0.4) is 0 Å². The Hall–Kier alpha value is -2.90. The number of anilines is 1. The molecule has 0 radical (unpaired) electrons. The molecule has 8 heteroatoms. The number of carbonyl (C=O) groups excluding carboxylic acids is 1. The van der Waals surface area contributed by atoms with Crippen molar-refractivity contribution in [2.75, 3.05) is 12.4 Å². The number of hydrogen-bond donors (Lipinski definition) is 2. The third-order valence-corrected chi connectivity index (χ3v) is 2.67. The topological polar surface area (TPSA) is 115 Å². The molecule has 0 atom stereocenters. The highest BCUT2D eigenvalue weighted by Crippen LogP contribution is 2.15. The summed E-state index contributed by atoms with van der Waals surface area (Å²) in [4.78, 5) is 30.1. The molecule has 0 aliphatic rings. The van der Waals surface area contributed by atoms with Crippen molar-refractivity contribution in [3.05, 3.63) is 41.2 Å². The molecule has 0 saturated heterocycles. The number of carboxylic acids is 1. The van der Waals surface area contributed by atoms with Gasteiger partial charge in [-0.3, -0.25) is 4.98 Å². The molecule has 2 aromatic heterocycles. The minimum atomic E-state index is -1.05. The summed E-state index contributed by atoms with van der Waals surface area (Å²) in [5.74, 6) is -0.518. The van der Waals surface area contributed by atoms with Crippen molar-refractivity contribution in [3.8, 4) is 0 Å². The zero-order chi connectivity index (χ0) is 15.4. The fraction of sp³-hybridized carbons (Fsp3) is 0.231. The molecule has 2 rings (SSSR count). The first-order valence-corrected chi connectivity index (χ1v) is 5.98. The quantitative estimate of drug-likeness (QED) is 0.796. The Morgan fingerprint density at radius 3 is 2.81 bits per heavy atom. The molecule has 0 spiro atoms. The van der Waals surface area contributed by atoms with Crippen LogP contribution in [0, 0.1) is 6.92 Å². The number of carbonyl (C=O) groups is 2. The van der Waals surface area contributed by atoms with E-state index in [0.29, 0.717) is 17.3 Å². The number of esters is 1. The molecular weight excluding hydrogens is 278 g/mol. The van der Waals surface area contributed by atoms with E-state index in [4.69, 9.17) is 9.52 Å². The fourth-order valence-electron chi connectivity index (χ4n) is 1.67. The second-order valence-electron chi connectivity index (χ2n) is 4.12. The molecule has 2 N–H and O–H groups in total. The summed E-state index contributed by atoms with van der Waals surface area (Å²) >= 11 is 0. The molecule has 0 amide bonds. The minimum absolute atomic E-state index is 0.0735. The van der Waals surface area contributed by atoms with Gasteiger partial charge in [0, 0.05) is 0 Å². The van der Waals surface area contributed by atoms with Crippen molar-refractivity contribution in [1.29, 1.82) is 0 Å². The summed E-state index contributed by atoms with van der Waals surface area (Å²) in [7, 11) is 1.25. The number of furan rings is 1. The number of aromatic carboxylic acids is 1. The van der Waals surface area contributed by atoms with Crippen molar-refractivity contribution in [2.24, 2.45) is 0 Å². The first-order chi connectivity index (χ1) is 10.0. The van der Waals surface area contributed by atoms with E-state index < -0.39 is 11.9 Å². The third-order valence-electron chi connectivity index (χ3n) is 2.67. The van der Waals surface area contributed by atoms with Crippen molar-refractivity contribution < 1.29 is 23.8 Å². The van der Waals surface area contributed by atoms with E-state index in [0.717, 1.165) is 0 Å². The van der Waals surface area contributed by atoms with E-state index in [1.54, 1.807) is 6.92 Å². The van der Waals surface area contributed by atoms with Crippen LogP contribution in [0.4, 0.5) is 5.82 Å². The van der Waals surface area contributed by atoms with E-state index in [-0.39, 0.29) is 17.8 Å². The average molecular weight is 291 g/mol. The number of rotatable bonds is 5. The highest BCUT2D eigenvalue weighted by Gasteiger charge is 2.14. The molecule has 21 heavy (non-hydrogen) atoms. The second-order valence-corrected chi connectivity index (χ2v) is 4.12. The molecule has 0 aromatic carbocycles. The van der Waals surface area contributed by atoms with Crippen LogP contribution in [0.5, 0.6) is 0 Å². The van der Waals surface area contributed by atoms with Crippen LogP contribution in [0.2, 0.25) is 0 Å². The lowest BCUT2D eigenvalue weighted by Gasteiger charge is -2.04. The Kier molecular flexibility index (Phi) is 4.17. The van der Waals surface area contributed by atoms with Gasteiger partial charge in [0.05, 0.1) is 26.0 Å². The highest BCUT2D eigenvalue weighted by molar-refractivity contribution is 5.88. The number of aryl methyl sites for hydroxylation is 1.